The number of aryl methyl sites for hydroxylation is 1. The number of fused-ring (bicyclic) bond motifs is 1. The molecule has 5 nitrogen and oxygen atoms in total. The smallest absolute Gasteiger partial charge is 0.279 e. The standard InChI is InChI=1S/C19H17BrN2O3S2/c1-12-2-8-15(9-3-12)22-16-10-27(24,25)11-17(16)26-19(22)21-18(23)13-4-6-14(20)7-5-13/h2-9,16-17H,10-11H2,1H3/t16-,17-/m0/s1. The molecule has 140 valence electrons. The third kappa shape index (κ3) is 3.83. The topological polar surface area (TPSA) is 66.8 Å². The first-order chi connectivity index (χ1) is 12.8. The fourth-order valence-corrected chi connectivity index (χ4v) is 7.49. The number of carbonyl (C=O) groups excluding carboxylic acids is 1. The molecule has 2 heterocycles. The van der Waals surface area contributed by atoms with E-state index in [1.807, 2.05) is 36.1 Å². The first-order valence-electron chi connectivity index (χ1n) is 8.44. The highest BCUT2D eigenvalue weighted by molar-refractivity contribution is 9.10. The average Bonchev–Trinajstić information content (AvgIpc) is 3.07. The van der Waals surface area contributed by atoms with E-state index in [1.165, 1.54) is 11.8 Å². The number of amides is 1. The van der Waals surface area contributed by atoms with Crippen LogP contribution in [0.5, 0.6) is 0 Å². The molecule has 2 aliphatic rings. The van der Waals surface area contributed by atoms with Crippen LogP contribution in [0.3, 0.4) is 0 Å². The van der Waals surface area contributed by atoms with Crippen molar-refractivity contribution in [1.82, 2.24) is 0 Å². The van der Waals surface area contributed by atoms with Crippen molar-refractivity contribution in [3.05, 3.63) is 64.1 Å². The van der Waals surface area contributed by atoms with Gasteiger partial charge in [-0.25, -0.2) is 8.42 Å². The highest BCUT2D eigenvalue weighted by atomic mass is 79.9. The molecule has 2 aromatic rings. The van der Waals surface area contributed by atoms with Gasteiger partial charge in [-0.1, -0.05) is 45.4 Å². The Morgan fingerprint density at radius 1 is 1.11 bits per heavy atom. The van der Waals surface area contributed by atoms with E-state index >= 15 is 0 Å². The molecule has 27 heavy (non-hydrogen) atoms. The molecule has 8 heteroatoms. The molecule has 4 rings (SSSR count). The number of carbonyl (C=O) groups is 1. The summed E-state index contributed by atoms with van der Waals surface area (Å²) in [6.07, 6.45) is 0. The van der Waals surface area contributed by atoms with Crippen LogP contribution in [0.25, 0.3) is 0 Å². The third-order valence-electron chi connectivity index (χ3n) is 4.67. The summed E-state index contributed by atoms with van der Waals surface area (Å²) in [4.78, 5) is 18.9. The van der Waals surface area contributed by atoms with Crippen molar-refractivity contribution < 1.29 is 13.2 Å². The van der Waals surface area contributed by atoms with Gasteiger partial charge in [0, 0.05) is 21.0 Å². The average molecular weight is 465 g/mol. The van der Waals surface area contributed by atoms with Gasteiger partial charge in [0.05, 0.1) is 17.5 Å². The molecule has 2 aliphatic heterocycles. The van der Waals surface area contributed by atoms with Gasteiger partial charge in [0.25, 0.3) is 5.91 Å². The van der Waals surface area contributed by atoms with Gasteiger partial charge in [-0.05, 0) is 43.3 Å². The molecule has 2 atom stereocenters. The summed E-state index contributed by atoms with van der Waals surface area (Å²) >= 11 is 4.74. The second-order valence-electron chi connectivity index (χ2n) is 6.71. The summed E-state index contributed by atoms with van der Waals surface area (Å²) in [5.41, 5.74) is 2.48. The molecule has 0 N–H and O–H groups in total. The first-order valence-corrected chi connectivity index (χ1v) is 11.9. The van der Waals surface area contributed by atoms with Gasteiger partial charge >= 0.3 is 0 Å². The van der Waals surface area contributed by atoms with Crippen LogP contribution in [-0.4, -0.2) is 42.3 Å². The summed E-state index contributed by atoms with van der Waals surface area (Å²) in [6.45, 7) is 2.00. The van der Waals surface area contributed by atoms with E-state index in [-0.39, 0.29) is 28.7 Å². The van der Waals surface area contributed by atoms with Gasteiger partial charge < -0.3 is 4.90 Å². The fourth-order valence-electron chi connectivity index (χ4n) is 3.32. The van der Waals surface area contributed by atoms with Crippen LogP contribution >= 0.6 is 27.7 Å². The van der Waals surface area contributed by atoms with E-state index in [1.54, 1.807) is 24.3 Å². The molecule has 0 spiro atoms. The molecule has 0 radical (unpaired) electrons. The highest BCUT2D eigenvalue weighted by Gasteiger charge is 2.49. The van der Waals surface area contributed by atoms with Gasteiger partial charge in [0.2, 0.25) is 0 Å². The van der Waals surface area contributed by atoms with E-state index in [0.717, 1.165) is 15.7 Å². The second kappa shape index (κ2) is 7.07. The van der Waals surface area contributed by atoms with Gasteiger partial charge in [0.1, 0.15) is 0 Å². The SMILES string of the molecule is Cc1ccc(N2C(=NC(=O)c3ccc(Br)cc3)S[C@H]3CS(=O)(=O)C[C@@H]32)cc1. The van der Waals surface area contributed by atoms with Gasteiger partial charge in [-0.2, -0.15) is 4.99 Å². The summed E-state index contributed by atoms with van der Waals surface area (Å²) < 4.78 is 25.1. The molecule has 2 fully saturated rings. The first kappa shape index (κ1) is 18.7. The fraction of sp³-hybridized carbons (Fsp3) is 0.263. The summed E-state index contributed by atoms with van der Waals surface area (Å²) in [5, 5.41) is 0.462. The molecule has 0 unspecified atom stereocenters. The zero-order chi connectivity index (χ0) is 19.2. The van der Waals surface area contributed by atoms with E-state index < -0.39 is 9.84 Å². The third-order valence-corrected chi connectivity index (χ3v) is 8.41. The number of sulfone groups is 1. The van der Waals surface area contributed by atoms with Crippen LogP contribution in [0.4, 0.5) is 5.69 Å². The van der Waals surface area contributed by atoms with Crippen molar-refractivity contribution >= 4 is 54.3 Å². The Labute approximate surface area is 170 Å². The number of amidine groups is 1. The zero-order valence-electron chi connectivity index (χ0n) is 14.5. The number of hydrogen-bond donors (Lipinski definition) is 0. The van der Waals surface area contributed by atoms with Crippen molar-refractivity contribution in [2.45, 2.75) is 18.2 Å². The molecule has 0 saturated carbocycles. The number of thioether (sulfide) groups is 1. The molecule has 2 saturated heterocycles. The Morgan fingerprint density at radius 3 is 2.44 bits per heavy atom. The Morgan fingerprint density at radius 2 is 1.78 bits per heavy atom. The van der Waals surface area contributed by atoms with Crippen molar-refractivity contribution in [1.29, 1.82) is 0 Å². The van der Waals surface area contributed by atoms with Crippen LogP contribution in [0.15, 0.2) is 58.0 Å². The van der Waals surface area contributed by atoms with Gasteiger partial charge in [-0.3, -0.25) is 4.79 Å². The maximum absolute atomic E-state index is 12.6. The minimum absolute atomic E-state index is 0.0873. The molecular formula is C19H17BrN2O3S2. The van der Waals surface area contributed by atoms with Crippen molar-refractivity contribution in [3.8, 4) is 0 Å². The minimum Gasteiger partial charge on any atom is -0.316 e. The monoisotopic (exact) mass is 464 g/mol. The maximum atomic E-state index is 12.6. The van der Waals surface area contributed by atoms with Crippen LogP contribution in [0.1, 0.15) is 15.9 Å². The molecule has 0 aromatic heterocycles. The summed E-state index contributed by atoms with van der Waals surface area (Å²) in [6, 6.07) is 14.7. The van der Waals surface area contributed by atoms with Crippen LogP contribution in [0.2, 0.25) is 0 Å². The van der Waals surface area contributed by atoms with E-state index in [0.29, 0.717) is 10.7 Å². The van der Waals surface area contributed by atoms with Crippen molar-refractivity contribution in [2.75, 3.05) is 16.4 Å². The number of nitrogens with zero attached hydrogens (tertiary/aromatic N) is 2. The molecule has 0 aliphatic carbocycles. The normalized spacial score (nSPS) is 25.0. The van der Waals surface area contributed by atoms with E-state index in [9.17, 15) is 13.2 Å². The number of rotatable bonds is 2. The summed E-state index contributed by atoms with van der Waals surface area (Å²) in [5.74, 6) is -0.120. The highest BCUT2D eigenvalue weighted by Crippen LogP contribution is 2.41. The second-order valence-corrected chi connectivity index (χ2v) is 11.0. The Balaban J connectivity index is 1.71. The largest absolute Gasteiger partial charge is 0.316 e. The Kier molecular flexibility index (Phi) is 4.90. The lowest BCUT2D eigenvalue weighted by molar-refractivity contribution is 0.100. The number of aliphatic imine (C=N–C) groups is 1. The van der Waals surface area contributed by atoms with Crippen molar-refractivity contribution in [2.24, 2.45) is 4.99 Å². The lowest BCUT2D eigenvalue weighted by Crippen LogP contribution is -2.37. The maximum Gasteiger partial charge on any atom is 0.279 e. The predicted molar refractivity (Wildman–Crippen MR) is 113 cm³/mol. The number of halogens is 1. The number of benzene rings is 2. The molecule has 0 bridgehead atoms. The molecule has 2 aromatic carbocycles. The lowest BCUT2D eigenvalue weighted by Gasteiger charge is -2.24. The Bertz CT molecular complexity index is 1020. The molecule has 1 amide bonds. The summed E-state index contributed by atoms with van der Waals surface area (Å²) in [7, 11) is -3.07. The quantitative estimate of drug-likeness (QED) is 0.677. The zero-order valence-corrected chi connectivity index (χ0v) is 17.7. The van der Waals surface area contributed by atoms with Crippen LogP contribution < -0.4 is 4.90 Å². The van der Waals surface area contributed by atoms with Crippen molar-refractivity contribution in [3.63, 3.8) is 0 Å². The van der Waals surface area contributed by atoms with E-state index in [2.05, 4.69) is 20.9 Å². The van der Waals surface area contributed by atoms with Crippen LogP contribution in [-0.2, 0) is 9.84 Å². The van der Waals surface area contributed by atoms with Crippen LogP contribution in [0, 0.1) is 6.92 Å². The van der Waals surface area contributed by atoms with Gasteiger partial charge in [-0.15, -0.1) is 0 Å². The molecular weight excluding hydrogens is 448 g/mol. The number of anilines is 1. The Hall–Kier alpha value is -1.64. The van der Waals surface area contributed by atoms with Gasteiger partial charge in [0.15, 0.2) is 15.0 Å². The lowest BCUT2D eigenvalue weighted by atomic mass is 10.1. The predicted octanol–water partition coefficient (Wildman–Crippen LogP) is 3.67. The van der Waals surface area contributed by atoms with E-state index in [4.69, 9.17) is 0 Å². The number of hydrogen-bond acceptors (Lipinski definition) is 4. The minimum atomic E-state index is -3.07.